The van der Waals surface area contributed by atoms with E-state index in [0.29, 0.717) is 0 Å². The molecule has 1 aliphatic heterocycles. The summed E-state index contributed by atoms with van der Waals surface area (Å²) >= 11 is 0. The summed E-state index contributed by atoms with van der Waals surface area (Å²) in [7, 11) is -3.57. The van der Waals surface area contributed by atoms with E-state index in [-0.39, 0.29) is 22.3 Å². The molecule has 0 aromatic rings. The predicted octanol–water partition coefficient (Wildman–Crippen LogP) is 4.85. The lowest BCUT2D eigenvalue weighted by Crippen LogP contribution is -2.51. The van der Waals surface area contributed by atoms with Crippen LogP contribution in [0.2, 0.25) is 36.3 Å². The molecule has 0 radical (unpaired) electrons. The first-order valence-corrected chi connectivity index (χ1v) is 13.8. The minimum atomic E-state index is -1.79. The molecule has 0 aromatic heterocycles. The summed E-state index contributed by atoms with van der Waals surface area (Å²) in [5.74, 6) is 0. The van der Waals surface area contributed by atoms with E-state index in [2.05, 4.69) is 72.7 Å². The maximum absolute atomic E-state index is 6.55. The Bertz CT molecular complexity index is 392. The van der Waals surface area contributed by atoms with Crippen molar-refractivity contribution in [1.29, 1.82) is 0 Å². The Balaban J connectivity index is 2.79. The van der Waals surface area contributed by atoms with Crippen molar-refractivity contribution in [1.82, 2.24) is 0 Å². The highest BCUT2D eigenvalue weighted by Crippen LogP contribution is 2.40. The number of hydrogen-bond acceptors (Lipinski definition) is 3. The van der Waals surface area contributed by atoms with Gasteiger partial charge in [0.05, 0.1) is 12.6 Å². The maximum atomic E-state index is 6.55. The van der Waals surface area contributed by atoms with Crippen molar-refractivity contribution >= 4 is 22.8 Å². The van der Waals surface area contributed by atoms with E-state index in [0.717, 1.165) is 6.54 Å². The summed E-state index contributed by atoms with van der Waals surface area (Å²) in [6.07, 6.45) is 2.10. The minimum Gasteiger partial charge on any atom is -0.409 e. The van der Waals surface area contributed by atoms with Crippen molar-refractivity contribution in [3.63, 3.8) is 0 Å². The molecule has 0 amide bonds. The van der Waals surface area contributed by atoms with Gasteiger partial charge in [0.25, 0.3) is 0 Å². The van der Waals surface area contributed by atoms with E-state index in [1.54, 1.807) is 0 Å². The molecule has 1 heterocycles. The fraction of sp³-hybridized carbons (Fsp3) is 0.938. The van der Waals surface area contributed by atoms with Crippen LogP contribution < -0.4 is 0 Å². The van der Waals surface area contributed by atoms with Gasteiger partial charge in [0.1, 0.15) is 6.10 Å². The predicted molar refractivity (Wildman–Crippen MR) is 97.5 cm³/mol. The van der Waals surface area contributed by atoms with Gasteiger partial charge >= 0.3 is 0 Å². The quantitative estimate of drug-likeness (QED) is 0.690. The largest absolute Gasteiger partial charge is 0.409 e. The fourth-order valence-corrected chi connectivity index (χ4v) is 4.32. The lowest BCUT2D eigenvalue weighted by atomic mass is 10.2. The zero-order valence-electron chi connectivity index (χ0n) is 15.7. The van der Waals surface area contributed by atoms with E-state index in [9.17, 15) is 0 Å². The monoisotopic (exact) mass is 329 g/mol. The van der Waals surface area contributed by atoms with E-state index < -0.39 is 16.6 Å². The van der Waals surface area contributed by atoms with Gasteiger partial charge < -0.3 is 8.85 Å². The van der Waals surface area contributed by atoms with Crippen LogP contribution in [0.1, 0.15) is 41.5 Å². The fourth-order valence-electron chi connectivity index (χ4n) is 1.75. The molecule has 3 nitrogen and oxygen atoms in total. The molecule has 1 aliphatic rings. The first kappa shape index (κ1) is 19.1. The summed E-state index contributed by atoms with van der Waals surface area (Å²) in [6, 6.07) is 0. The summed E-state index contributed by atoms with van der Waals surface area (Å²) < 4.78 is 13.1. The molecule has 5 heteroatoms. The standard InChI is InChI=1S/C16H35NO2Si2/c1-15(2,3)20(7,8)18-13-11-17-12-14(13)19-21(9,10)16(4,5)6/h11,13-14H,12H2,1-10H3/t13-,14-/m0/s1. The molecule has 1 rings (SSSR count). The van der Waals surface area contributed by atoms with E-state index in [1.807, 2.05) is 6.21 Å². The van der Waals surface area contributed by atoms with Gasteiger partial charge in [0.15, 0.2) is 16.6 Å². The Morgan fingerprint density at radius 3 is 1.71 bits per heavy atom. The van der Waals surface area contributed by atoms with Crippen LogP contribution >= 0.6 is 0 Å². The van der Waals surface area contributed by atoms with Crippen molar-refractivity contribution < 1.29 is 8.85 Å². The Kier molecular flexibility index (Phi) is 5.37. The first-order valence-electron chi connectivity index (χ1n) is 8.03. The van der Waals surface area contributed by atoms with Crippen molar-refractivity contribution in [3.8, 4) is 0 Å². The van der Waals surface area contributed by atoms with Crippen molar-refractivity contribution in [2.24, 2.45) is 4.99 Å². The van der Waals surface area contributed by atoms with E-state index >= 15 is 0 Å². The zero-order valence-corrected chi connectivity index (χ0v) is 17.7. The van der Waals surface area contributed by atoms with Crippen LogP contribution in [0.25, 0.3) is 0 Å². The van der Waals surface area contributed by atoms with Gasteiger partial charge in [-0.25, -0.2) is 0 Å². The Hall–Kier alpha value is 0.0238. The normalized spacial score (nSPS) is 24.7. The topological polar surface area (TPSA) is 30.8 Å². The summed E-state index contributed by atoms with van der Waals surface area (Å²) in [6.45, 7) is 23.6. The third-order valence-corrected chi connectivity index (χ3v) is 14.4. The lowest BCUT2D eigenvalue weighted by Gasteiger charge is -2.42. The Morgan fingerprint density at radius 2 is 1.29 bits per heavy atom. The smallest absolute Gasteiger partial charge is 0.193 e. The molecule has 0 unspecified atom stereocenters. The van der Waals surface area contributed by atoms with Crippen LogP contribution in [0.15, 0.2) is 4.99 Å². The molecule has 0 aromatic carbocycles. The average Bonchev–Trinajstić information content (AvgIpc) is 2.60. The first-order chi connectivity index (χ1) is 9.17. The second-order valence-electron chi connectivity index (χ2n) is 9.27. The molecular formula is C16H35NO2Si2. The number of hydrogen-bond donors (Lipinski definition) is 0. The van der Waals surface area contributed by atoms with Gasteiger partial charge in [0.2, 0.25) is 0 Å². The van der Waals surface area contributed by atoms with Crippen LogP contribution in [0.5, 0.6) is 0 Å². The van der Waals surface area contributed by atoms with Crippen LogP contribution in [0.3, 0.4) is 0 Å². The van der Waals surface area contributed by atoms with Gasteiger partial charge in [-0.05, 0) is 36.3 Å². The summed E-state index contributed by atoms with van der Waals surface area (Å²) in [5.41, 5.74) is 0. The molecular weight excluding hydrogens is 294 g/mol. The third kappa shape index (κ3) is 4.50. The lowest BCUT2D eigenvalue weighted by molar-refractivity contribution is 0.0924. The van der Waals surface area contributed by atoms with Crippen LogP contribution in [-0.4, -0.2) is 41.6 Å². The van der Waals surface area contributed by atoms with Crippen LogP contribution in [0, 0.1) is 0 Å². The average molecular weight is 330 g/mol. The second kappa shape index (κ2) is 5.91. The molecule has 124 valence electrons. The van der Waals surface area contributed by atoms with Gasteiger partial charge in [-0.15, -0.1) is 0 Å². The summed E-state index contributed by atoms with van der Waals surface area (Å²) in [5, 5.41) is 0.433. The third-order valence-electron chi connectivity index (χ3n) is 5.39. The van der Waals surface area contributed by atoms with Crippen LogP contribution in [-0.2, 0) is 8.85 Å². The number of rotatable bonds is 4. The van der Waals surface area contributed by atoms with Gasteiger partial charge in [0, 0.05) is 6.21 Å². The molecule has 0 bridgehead atoms. The second-order valence-corrected chi connectivity index (χ2v) is 18.8. The molecule has 0 saturated carbocycles. The van der Waals surface area contributed by atoms with Crippen molar-refractivity contribution in [2.75, 3.05) is 6.54 Å². The highest BCUT2D eigenvalue weighted by atomic mass is 28.4. The van der Waals surface area contributed by atoms with E-state index in [4.69, 9.17) is 8.85 Å². The number of nitrogens with zero attached hydrogens (tertiary/aromatic N) is 1. The molecule has 21 heavy (non-hydrogen) atoms. The summed E-state index contributed by atoms with van der Waals surface area (Å²) in [4.78, 5) is 4.45. The zero-order chi connectivity index (χ0) is 16.7. The van der Waals surface area contributed by atoms with Crippen molar-refractivity contribution in [3.05, 3.63) is 0 Å². The Labute approximate surface area is 133 Å². The van der Waals surface area contributed by atoms with Gasteiger partial charge in [-0.2, -0.15) is 0 Å². The molecule has 0 N–H and O–H groups in total. The van der Waals surface area contributed by atoms with Gasteiger partial charge in [-0.3, -0.25) is 4.99 Å². The molecule has 0 fully saturated rings. The number of aliphatic imine (C=N–C) groups is 1. The highest BCUT2D eigenvalue weighted by molar-refractivity contribution is 6.74. The molecule has 0 saturated heterocycles. The SMILES string of the molecule is CC(C)(C)[Si](C)(C)O[C@H]1C=NC[C@@H]1O[Si](C)(C)C(C)(C)C. The molecule has 0 spiro atoms. The molecule has 2 atom stereocenters. The van der Waals surface area contributed by atoms with Crippen molar-refractivity contribution in [2.45, 2.75) is 90.0 Å². The Morgan fingerprint density at radius 1 is 0.857 bits per heavy atom. The minimum absolute atomic E-state index is 0.0278. The highest BCUT2D eigenvalue weighted by Gasteiger charge is 2.45. The maximum Gasteiger partial charge on any atom is 0.193 e. The van der Waals surface area contributed by atoms with E-state index in [1.165, 1.54) is 0 Å². The van der Waals surface area contributed by atoms with Crippen LogP contribution in [0.4, 0.5) is 0 Å². The van der Waals surface area contributed by atoms with Gasteiger partial charge in [-0.1, -0.05) is 41.5 Å². The molecule has 0 aliphatic carbocycles.